The quantitative estimate of drug-likeness (QED) is 0.544. The van der Waals surface area contributed by atoms with Crippen molar-refractivity contribution in [3.05, 3.63) is 36.4 Å². The van der Waals surface area contributed by atoms with E-state index in [1.165, 1.54) is 0 Å². The van der Waals surface area contributed by atoms with Crippen LogP contribution in [0.4, 0.5) is 0 Å². The van der Waals surface area contributed by atoms with Crippen LogP contribution in [0.5, 0.6) is 0 Å². The number of hydrogen-bond donors (Lipinski definition) is 4. The van der Waals surface area contributed by atoms with Crippen LogP contribution in [0.3, 0.4) is 0 Å². The fourth-order valence-corrected chi connectivity index (χ4v) is 2.61. The van der Waals surface area contributed by atoms with E-state index in [9.17, 15) is 0 Å². The van der Waals surface area contributed by atoms with Crippen LogP contribution >= 0.6 is 50.5 Å². The van der Waals surface area contributed by atoms with Crippen molar-refractivity contribution < 1.29 is 0 Å². The first-order valence-electron chi connectivity index (χ1n) is 4.63. The van der Waals surface area contributed by atoms with Crippen LogP contribution in [-0.4, -0.2) is 0 Å². The van der Waals surface area contributed by atoms with Gasteiger partial charge in [0.05, 0.1) is 0 Å². The van der Waals surface area contributed by atoms with Gasteiger partial charge < -0.3 is 0 Å². The predicted molar refractivity (Wildman–Crippen MR) is 80.9 cm³/mol. The third kappa shape index (κ3) is 2.25. The third-order valence-electron chi connectivity index (χ3n) is 2.31. The number of rotatable bonds is 1. The van der Waals surface area contributed by atoms with Crippen LogP contribution in [-0.2, 0) is 0 Å². The Labute approximate surface area is 117 Å². The summed E-state index contributed by atoms with van der Waals surface area (Å²) in [5.41, 5.74) is 2.13. The smallest absolute Gasteiger partial charge is 0.0325 e. The van der Waals surface area contributed by atoms with E-state index in [2.05, 4.69) is 50.5 Å². The maximum Gasteiger partial charge on any atom is 0.0325 e. The highest BCUT2D eigenvalue weighted by Gasteiger charge is 2.10. The molecule has 0 unspecified atom stereocenters. The molecule has 0 heterocycles. The Balaban J connectivity index is 2.68. The minimum Gasteiger partial charge on any atom is -0.142 e. The molecule has 0 nitrogen and oxygen atoms in total. The van der Waals surface area contributed by atoms with Gasteiger partial charge in [-0.3, -0.25) is 0 Å². The van der Waals surface area contributed by atoms with Crippen molar-refractivity contribution in [2.45, 2.75) is 19.6 Å². The Morgan fingerprint density at radius 2 is 1.31 bits per heavy atom. The summed E-state index contributed by atoms with van der Waals surface area (Å²) in [7, 11) is 0. The summed E-state index contributed by atoms with van der Waals surface area (Å²) in [6.07, 6.45) is 0. The summed E-state index contributed by atoms with van der Waals surface area (Å²) in [6.45, 7) is 0. The molecule has 0 aliphatic carbocycles. The van der Waals surface area contributed by atoms with Crippen LogP contribution in [0.25, 0.3) is 11.1 Å². The second kappa shape index (κ2) is 5.00. The van der Waals surface area contributed by atoms with E-state index in [-0.39, 0.29) is 0 Å². The van der Waals surface area contributed by atoms with Crippen LogP contribution in [0.15, 0.2) is 56.0 Å². The van der Waals surface area contributed by atoms with Crippen molar-refractivity contribution in [1.29, 1.82) is 0 Å². The summed E-state index contributed by atoms with van der Waals surface area (Å²) in [5.74, 6) is 0. The predicted octanol–water partition coefficient (Wildman–Crippen LogP) is 4.51. The molecule has 0 N–H and O–H groups in total. The third-order valence-corrected chi connectivity index (χ3v) is 4.57. The molecule has 0 radical (unpaired) electrons. The van der Waals surface area contributed by atoms with E-state index in [4.69, 9.17) is 0 Å². The maximum atomic E-state index is 4.48. The van der Waals surface area contributed by atoms with Gasteiger partial charge in [-0.15, -0.1) is 50.5 Å². The van der Waals surface area contributed by atoms with Crippen LogP contribution in [0.2, 0.25) is 0 Å². The molecular weight excluding hydrogens is 272 g/mol. The van der Waals surface area contributed by atoms with Gasteiger partial charge in [-0.05, 0) is 17.2 Å². The normalized spacial score (nSPS) is 10.5. The highest BCUT2D eigenvalue weighted by molar-refractivity contribution is 7.86. The van der Waals surface area contributed by atoms with E-state index in [0.717, 1.165) is 30.7 Å². The zero-order valence-electron chi connectivity index (χ0n) is 8.25. The molecule has 2 rings (SSSR count). The van der Waals surface area contributed by atoms with Crippen molar-refractivity contribution in [2.75, 3.05) is 0 Å². The zero-order valence-corrected chi connectivity index (χ0v) is 11.8. The molecule has 0 amide bonds. The highest BCUT2D eigenvalue weighted by Crippen LogP contribution is 2.38. The summed E-state index contributed by atoms with van der Waals surface area (Å²) in [6, 6.07) is 12.0. The van der Waals surface area contributed by atoms with Crippen LogP contribution in [0.1, 0.15) is 0 Å². The van der Waals surface area contributed by atoms with Gasteiger partial charge in [-0.2, -0.15) is 0 Å². The largest absolute Gasteiger partial charge is 0.142 e. The number of hydrogen-bond acceptors (Lipinski definition) is 4. The molecule has 0 aromatic heterocycles. The lowest BCUT2D eigenvalue weighted by atomic mass is 10.1. The molecule has 0 saturated carbocycles. The molecule has 82 valence electrons. The molecule has 0 aliphatic heterocycles. The fraction of sp³-hybridized carbons (Fsp3) is 0. The van der Waals surface area contributed by atoms with E-state index in [0.29, 0.717) is 0 Å². The SMILES string of the molecule is Sc1cc(-c2ccccc2)c(S)c(S)c1S. The lowest BCUT2D eigenvalue weighted by Crippen LogP contribution is -1.85. The molecule has 2 aromatic rings. The second-order valence-corrected chi connectivity index (χ2v) is 5.18. The summed E-state index contributed by atoms with van der Waals surface area (Å²) < 4.78 is 0. The Hall–Kier alpha value is -0.160. The molecule has 0 bridgehead atoms. The lowest BCUT2D eigenvalue weighted by molar-refractivity contribution is 1.06. The molecular formula is C12H10S4. The molecule has 0 spiro atoms. The molecule has 16 heavy (non-hydrogen) atoms. The first-order valence-corrected chi connectivity index (χ1v) is 6.42. The monoisotopic (exact) mass is 282 g/mol. The van der Waals surface area contributed by atoms with Gasteiger partial charge in [0.2, 0.25) is 0 Å². The summed E-state index contributed by atoms with van der Waals surface area (Å²) in [5, 5.41) is 0. The van der Waals surface area contributed by atoms with Gasteiger partial charge in [0.15, 0.2) is 0 Å². The molecule has 0 atom stereocenters. The van der Waals surface area contributed by atoms with E-state index in [1.807, 2.05) is 36.4 Å². The van der Waals surface area contributed by atoms with Gasteiger partial charge in [0.1, 0.15) is 0 Å². The van der Waals surface area contributed by atoms with E-state index < -0.39 is 0 Å². The lowest BCUT2D eigenvalue weighted by Gasteiger charge is -2.11. The average Bonchev–Trinajstić information content (AvgIpc) is 2.32. The maximum absolute atomic E-state index is 4.48. The number of benzene rings is 2. The van der Waals surface area contributed by atoms with Gasteiger partial charge in [-0.1, -0.05) is 30.3 Å². The van der Waals surface area contributed by atoms with Crippen molar-refractivity contribution in [3.8, 4) is 11.1 Å². The molecule has 0 fully saturated rings. The van der Waals surface area contributed by atoms with Gasteiger partial charge >= 0.3 is 0 Å². The Bertz CT molecular complexity index is 520. The van der Waals surface area contributed by atoms with Gasteiger partial charge in [0, 0.05) is 19.6 Å². The average molecular weight is 282 g/mol. The van der Waals surface area contributed by atoms with Gasteiger partial charge in [0.25, 0.3) is 0 Å². The Morgan fingerprint density at radius 1 is 0.688 bits per heavy atom. The van der Waals surface area contributed by atoms with Crippen LogP contribution < -0.4 is 0 Å². The minimum absolute atomic E-state index is 0.761. The summed E-state index contributed by atoms with van der Waals surface area (Å²) in [4.78, 5) is 3.16. The highest BCUT2D eigenvalue weighted by atomic mass is 32.1. The van der Waals surface area contributed by atoms with Crippen molar-refractivity contribution >= 4 is 50.5 Å². The van der Waals surface area contributed by atoms with Crippen LogP contribution in [0, 0.1) is 0 Å². The number of thiol groups is 4. The molecule has 0 saturated heterocycles. The minimum atomic E-state index is 0.761. The Morgan fingerprint density at radius 3 is 1.94 bits per heavy atom. The zero-order chi connectivity index (χ0) is 11.7. The van der Waals surface area contributed by atoms with E-state index >= 15 is 0 Å². The van der Waals surface area contributed by atoms with Gasteiger partial charge in [-0.25, -0.2) is 0 Å². The first-order chi connectivity index (χ1) is 7.61. The van der Waals surface area contributed by atoms with Crippen molar-refractivity contribution in [2.24, 2.45) is 0 Å². The molecule has 4 heteroatoms. The van der Waals surface area contributed by atoms with Crippen molar-refractivity contribution in [3.63, 3.8) is 0 Å². The summed E-state index contributed by atoms with van der Waals surface area (Å²) >= 11 is 17.6. The fourth-order valence-electron chi connectivity index (χ4n) is 1.47. The molecule has 2 aromatic carbocycles. The molecule has 0 aliphatic rings. The van der Waals surface area contributed by atoms with Crippen molar-refractivity contribution in [1.82, 2.24) is 0 Å². The second-order valence-electron chi connectivity index (χ2n) is 3.36. The van der Waals surface area contributed by atoms with E-state index in [1.54, 1.807) is 0 Å². The standard InChI is InChI=1S/C12H10S4/c13-9-6-8(7-4-2-1-3-5-7)10(14)12(16)11(9)15/h1-6,13-16H. The first kappa shape index (κ1) is 12.3. The topological polar surface area (TPSA) is 0 Å². The Kier molecular flexibility index (Phi) is 3.85.